The summed E-state index contributed by atoms with van der Waals surface area (Å²) >= 11 is 0. The molecular weight excluding hydrogens is 440 g/mol. The van der Waals surface area contributed by atoms with Gasteiger partial charge in [0.1, 0.15) is 0 Å². The number of rotatable bonds is 5. The third-order valence-corrected chi connectivity index (χ3v) is 6.51. The van der Waals surface area contributed by atoms with Crippen LogP contribution in [0.25, 0.3) is 0 Å². The topological polar surface area (TPSA) is 59.8 Å². The van der Waals surface area contributed by atoms with Crippen molar-refractivity contribution in [3.05, 3.63) is 112 Å². The second-order valence-corrected chi connectivity index (χ2v) is 8.93. The first-order valence-electron chi connectivity index (χ1n) is 11.7. The molecule has 6 rings (SSSR count). The van der Waals surface area contributed by atoms with Gasteiger partial charge in [0.2, 0.25) is 12.7 Å². The average Bonchev–Trinajstić information content (AvgIpc) is 3.36. The second-order valence-electron chi connectivity index (χ2n) is 8.93. The van der Waals surface area contributed by atoms with Gasteiger partial charge in [0, 0.05) is 24.2 Å². The monoisotopic (exact) mass is 466 g/mol. The van der Waals surface area contributed by atoms with Crippen LogP contribution in [0.1, 0.15) is 22.4 Å². The molecule has 0 bridgehead atoms. The quantitative estimate of drug-likeness (QED) is 0.433. The van der Waals surface area contributed by atoms with Crippen LogP contribution in [-0.2, 0) is 19.6 Å². The number of hydrogen-bond donors (Lipinski definition) is 0. The summed E-state index contributed by atoms with van der Waals surface area (Å²) in [5.41, 5.74) is 4.71. The largest absolute Gasteiger partial charge is 0.454 e. The van der Waals surface area contributed by atoms with Crippen LogP contribution in [0.3, 0.4) is 0 Å². The maximum atomic E-state index is 13.8. The molecule has 0 amide bonds. The lowest BCUT2D eigenvalue weighted by Gasteiger charge is -2.38. The van der Waals surface area contributed by atoms with Gasteiger partial charge in [0.15, 0.2) is 11.5 Å². The zero-order valence-electron chi connectivity index (χ0n) is 19.6. The number of nitrogens with zero attached hydrogens (tertiary/aromatic N) is 4. The van der Waals surface area contributed by atoms with E-state index in [-0.39, 0.29) is 12.4 Å². The maximum Gasteiger partial charge on any atom is 0.259 e. The van der Waals surface area contributed by atoms with Gasteiger partial charge in [0.05, 0.1) is 19.0 Å². The fourth-order valence-electron chi connectivity index (χ4n) is 4.73. The molecular formula is C28H26N4O3. The normalized spacial score (nSPS) is 14.7. The minimum atomic E-state index is 0.00710. The molecule has 2 aliphatic rings. The molecule has 0 saturated heterocycles. The fraction of sp³-hybridized carbons (Fsp3) is 0.214. The fourth-order valence-corrected chi connectivity index (χ4v) is 4.73. The molecule has 3 aromatic carbocycles. The minimum Gasteiger partial charge on any atom is -0.454 e. The van der Waals surface area contributed by atoms with Gasteiger partial charge in [0.25, 0.3) is 5.56 Å². The van der Waals surface area contributed by atoms with Gasteiger partial charge < -0.3 is 9.47 Å². The molecule has 0 atom stereocenters. The van der Waals surface area contributed by atoms with Crippen LogP contribution < -0.4 is 19.9 Å². The first-order chi connectivity index (χ1) is 17.2. The molecule has 35 heavy (non-hydrogen) atoms. The standard InChI is InChI=1S/C28H26N4O3/c1-20-24(14-21-8-4-2-5-9-21)27(33)32-18-30(16-22-12-13-25-26(15-22)35-19-34-25)17-31(28(32)29-20)23-10-6-3-7-11-23/h2-13,15H,14,16-19H2,1H3. The maximum absolute atomic E-state index is 13.8. The second kappa shape index (κ2) is 8.92. The summed E-state index contributed by atoms with van der Waals surface area (Å²) in [5, 5.41) is 0. The highest BCUT2D eigenvalue weighted by atomic mass is 16.7. The molecule has 1 aromatic heterocycles. The van der Waals surface area contributed by atoms with Gasteiger partial charge in [-0.25, -0.2) is 4.98 Å². The number of anilines is 2. The Hall–Kier alpha value is -4.10. The van der Waals surface area contributed by atoms with Crippen LogP contribution in [0.5, 0.6) is 11.5 Å². The molecule has 4 aromatic rings. The van der Waals surface area contributed by atoms with E-state index in [4.69, 9.17) is 14.5 Å². The van der Waals surface area contributed by atoms with Crippen molar-refractivity contribution in [1.82, 2.24) is 14.5 Å². The molecule has 0 radical (unpaired) electrons. The first kappa shape index (κ1) is 21.4. The lowest BCUT2D eigenvalue weighted by Crippen LogP contribution is -2.47. The van der Waals surface area contributed by atoms with E-state index >= 15 is 0 Å². The smallest absolute Gasteiger partial charge is 0.259 e. The molecule has 0 saturated carbocycles. The van der Waals surface area contributed by atoms with Crippen molar-refractivity contribution in [3.63, 3.8) is 0 Å². The number of aryl methyl sites for hydroxylation is 1. The molecule has 3 heterocycles. The third kappa shape index (κ3) is 4.15. The summed E-state index contributed by atoms with van der Waals surface area (Å²) in [5.74, 6) is 2.21. The Kier molecular flexibility index (Phi) is 5.47. The summed E-state index contributed by atoms with van der Waals surface area (Å²) in [6, 6.07) is 26.2. The summed E-state index contributed by atoms with van der Waals surface area (Å²) in [6.07, 6.45) is 0.562. The summed E-state index contributed by atoms with van der Waals surface area (Å²) < 4.78 is 12.8. The number of ether oxygens (including phenoxy) is 2. The molecule has 7 heteroatoms. The van der Waals surface area contributed by atoms with Crippen molar-refractivity contribution in [2.75, 3.05) is 18.4 Å². The van der Waals surface area contributed by atoms with E-state index in [2.05, 4.69) is 9.80 Å². The molecule has 0 spiro atoms. The van der Waals surface area contributed by atoms with Crippen LogP contribution >= 0.6 is 0 Å². The van der Waals surface area contributed by atoms with Crippen LogP contribution in [0.4, 0.5) is 11.6 Å². The third-order valence-electron chi connectivity index (χ3n) is 6.51. The predicted octanol–water partition coefficient (Wildman–Crippen LogP) is 4.44. The van der Waals surface area contributed by atoms with Crippen molar-refractivity contribution in [3.8, 4) is 11.5 Å². The lowest BCUT2D eigenvalue weighted by atomic mass is 10.1. The van der Waals surface area contributed by atoms with Crippen LogP contribution in [0, 0.1) is 6.92 Å². The summed E-state index contributed by atoms with van der Waals surface area (Å²) in [4.78, 5) is 23.1. The Balaban J connectivity index is 1.39. The van der Waals surface area contributed by atoms with E-state index in [0.29, 0.717) is 32.3 Å². The van der Waals surface area contributed by atoms with E-state index in [1.54, 1.807) is 4.57 Å². The zero-order chi connectivity index (χ0) is 23.8. The molecule has 0 fully saturated rings. The Bertz CT molecular complexity index is 1420. The van der Waals surface area contributed by atoms with E-state index in [1.807, 2.05) is 85.8 Å². The molecule has 176 valence electrons. The molecule has 0 unspecified atom stereocenters. The van der Waals surface area contributed by atoms with Crippen LogP contribution in [-0.4, -0.2) is 27.9 Å². The van der Waals surface area contributed by atoms with E-state index in [1.165, 1.54) is 0 Å². The van der Waals surface area contributed by atoms with E-state index < -0.39 is 0 Å². The van der Waals surface area contributed by atoms with E-state index in [9.17, 15) is 4.79 Å². The van der Waals surface area contributed by atoms with Gasteiger partial charge in [-0.05, 0) is 42.3 Å². The Morgan fingerprint density at radius 1 is 0.857 bits per heavy atom. The highest BCUT2D eigenvalue weighted by Gasteiger charge is 2.28. The zero-order valence-corrected chi connectivity index (χ0v) is 19.6. The number of benzene rings is 3. The lowest BCUT2D eigenvalue weighted by molar-refractivity contribution is 0.173. The summed E-state index contributed by atoms with van der Waals surface area (Å²) in [6.45, 7) is 3.92. The minimum absolute atomic E-state index is 0.00710. The Morgan fingerprint density at radius 2 is 1.60 bits per heavy atom. The first-order valence-corrected chi connectivity index (χ1v) is 11.7. The Labute approximate surface area is 203 Å². The molecule has 0 aliphatic carbocycles. The van der Waals surface area contributed by atoms with Crippen molar-refractivity contribution >= 4 is 11.6 Å². The molecule has 7 nitrogen and oxygen atoms in total. The SMILES string of the molecule is Cc1nc2n(c(=O)c1Cc1ccccc1)CN(Cc1ccc3c(c1)OCO3)CN2c1ccccc1. The van der Waals surface area contributed by atoms with Crippen molar-refractivity contribution < 1.29 is 9.47 Å². The Morgan fingerprint density at radius 3 is 2.40 bits per heavy atom. The average molecular weight is 467 g/mol. The van der Waals surface area contributed by atoms with Crippen molar-refractivity contribution in [2.24, 2.45) is 0 Å². The van der Waals surface area contributed by atoms with Gasteiger partial charge >= 0.3 is 0 Å². The van der Waals surface area contributed by atoms with Crippen molar-refractivity contribution in [1.29, 1.82) is 0 Å². The van der Waals surface area contributed by atoms with Crippen LogP contribution in [0.15, 0.2) is 83.7 Å². The van der Waals surface area contributed by atoms with Gasteiger partial charge in [-0.1, -0.05) is 54.6 Å². The van der Waals surface area contributed by atoms with Crippen molar-refractivity contribution in [2.45, 2.75) is 26.6 Å². The number of aromatic nitrogens is 2. The van der Waals surface area contributed by atoms with Gasteiger partial charge in [-0.3, -0.25) is 19.2 Å². The molecule has 0 N–H and O–H groups in total. The van der Waals surface area contributed by atoms with Gasteiger partial charge in [-0.2, -0.15) is 0 Å². The van der Waals surface area contributed by atoms with Crippen LogP contribution in [0.2, 0.25) is 0 Å². The summed E-state index contributed by atoms with van der Waals surface area (Å²) in [7, 11) is 0. The van der Waals surface area contributed by atoms with Gasteiger partial charge in [-0.15, -0.1) is 0 Å². The highest BCUT2D eigenvalue weighted by Crippen LogP contribution is 2.34. The number of fused-ring (bicyclic) bond motifs is 2. The highest BCUT2D eigenvalue weighted by molar-refractivity contribution is 5.58. The molecule has 2 aliphatic heterocycles. The van der Waals surface area contributed by atoms with E-state index in [0.717, 1.165) is 39.6 Å². The number of hydrogen-bond acceptors (Lipinski definition) is 6. The predicted molar refractivity (Wildman–Crippen MR) is 134 cm³/mol. The number of para-hydroxylation sites is 1.